The summed E-state index contributed by atoms with van der Waals surface area (Å²) < 4.78 is 5.34. The van der Waals surface area contributed by atoms with Crippen LogP contribution < -0.4 is 10.6 Å². The number of nitro benzene ring substituents is 1. The molecule has 1 heterocycles. The number of nitrogens with zero attached hydrogens (tertiary/aromatic N) is 2. The zero-order chi connectivity index (χ0) is 14.0. The first-order chi connectivity index (χ1) is 9.01. The monoisotopic (exact) mass is 264 g/mol. The van der Waals surface area contributed by atoms with E-state index in [-0.39, 0.29) is 17.6 Å². The third kappa shape index (κ3) is 2.62. The highest BCUT2D eigenvalue weighted by Gasteiger charge is 2.15. The number of nitrogens with one attached hydrogen (secondary N) is 2. The Kier molecular flexibility index (Phi) is 3.32. The number of benzene rings is 1. The molecule has 0 aliphatic carbocycles. The molecule has 1 amide bonds. The van der Waals surface area contributed by atoms with Gasteiger partial charge in [-0.05, 0) is 13.0 Å². The van der Waals surface area contributed by atoms with Gasteiger partial charge in [0, 0.05) is 19.2 Å². The van der Waals surface area contributed by atoms with Crippen molar-refractivity contribution >= 4 is 28.7 Å². The van der Waals surface area contributed by atoms with Gasteiger partial charge in [-0.15, -0.1) is 0 Å². The lowest BCUT2D eigenvalue weighted by Gasteiger charge is -2.09. The lowest BCUT2D eigenvalue weighted by Crippen LogP contribution is -2.35. The van der Waals surface area contributed by atoms with Gasteiger partial charge in [0.1, 0.15) is 11.6 Å². The minimum Gasteiger partial charge on any atom is -0.424 e. The average molecular weight is 264 g/mol. The Balaban J connectivity index is 2.26. The number of hydrogen-bond donors (Lipinski definition) is 2. The first kappa shape index (κ1) is 12.8. The van der Waals surface area contributed by atoms with E-state index in [0.29, 0.717) is 11.1 Å². The van der Waals surface area contributed by atoms with Crippen LogP contribution in [0.1, 0.15) is 6.92 Å². The summed E-state index contributed by atoms with van der Waals surface area (Å²) in [5, 5.41) is 15.9. The summed E-state index contributed by atoms with van der Waals surface area (Å²) in [5.41, 5.74) is 0.713. The number of oxazole rings is 1. The van der Waals surface area contributed by atoms with Crippen molar-refractivity contribution in [1.29, 1.82) is 0 Å². The largest absolute Gasteiger partial charge is 0.424 e. The van der Waals surface area contributed by atoms with Crippen LogP contribution in [0.15, 0.2) is 22.6 Å². The Morgan fingerprint density at radius 3 is 2.89 bits per heavy atom. The van der Waals surface area contributed by atoms with Gasteiger partial charge in [0.2, 0.25) is 5.91 Å². The predicted molar refractivity (Wildman–Crippen MR) is 67.8 cm³/mol. The van der Waals surface area contributed by atoms with Crippen molar-refractivity contribution in [2.24, 2.45) is 0 Å². The fourth-order valence-electron chi connectivity index (χ4n) is 1.56. The molecule has 0 spiro atoms. The molecule has 0 saturated heterocycles. The maximum atomic E-state index is 11.3. The Morgan fingerprint density at radius 1 is 1.53 bits per heavy atom. The summed E-state index contributed by atoms with van der Waals surface area (Å²) in [7, 11) is 1.52. The molecule has 2 N–H and O–H groups in total. The molecular formula is C11H12N4O4. The van der Waals surface area contributed by atoms with Gasteiger partial charge in [-0.2, -0.15) is 4.98 Å². The number of nitro groups is 1. The van der Waals surface area contributed by atoms with Gasteiger partial charge in [0.05, 0.1) is 4.92 Å². The van der Waals surface area contributed by atoms with Crippen LogP contribution in [-0.2, 0) is 4.79 Å². The molecule has 0 aliphatic rings. The molecule has 2 rings (SSSR count). The van der Waals surface area contributed by atoms with Crippen LogP contribution in [0.25, 0.3) is 11.1 Å². The number of aromatic nitrogens is 1. The number of rotatable bonds is 4. The predicted octanol–water partition coefficient (Wildman–Crippen LogP) is 1.28. The van der Waals surface area contributed by atoms with Crippen LogP contribution in [0, 0.1) is 10.1 Å². The number of likely N-dealkylation sites (N-methyl/N-ethyl adjacent to an activating group) is 1. The van der Waals surface area contributed by atoms with Crippen molar-refractivity contribution < 1.29 is 14.1 Å². The molecule has 100 valence electrons. The van der Waals surface area contributed by atoms with E-state index in [2.05, 4.69) is 15.6 Å². The number of fused-ring (bicyclic) bond motifs is 1. The minimum absolute atomic E-state index is 0.0632. The topological polar surface area (TPSA) is 110 Å². The second-order valence-corrected chi connectivity index (χ2v) is 3.91. The normalized spacial score (nSPS) is 12.1. The van der Waals surface area contributed by atoms with E-state index in [1.54, 1.807) is 6.92 Å². The number of carbonyl (C=O) groups is 1. The number of anilines is 1. The molecule has 1 aromatic heterocycles. The fourth-order valence-corrected chi connectivity index (χ4v) is 1.56. The molecule has 8 nitrogen and oxygen atoms in total. The molecule has 0 aliphatic heterocycles. The summed E-state index contributed by atoms with van der Waals surface area (Å²) >= 11 is 0. The number of amides is 1. The number of carbonyl (C=O) groups excluding carboxylic acids is 1. The lowest BCUT2D eigenvalue weighted by molar-refractivity contribution is -0.384. The second kappa shape index (κ2) is 4.92. The van der Waals surface area contributed by atoms with Gasteiger partial charge in [-0.25, -0.2) is 0 Å². The quantitative estimate of drug-likeness (QED) is 0.635. The van der Waals surface area contributed by atoms with Gasteiger partial charge < -0.3 is 15.1 Å². The Labute approximate surface area is 108 Å². The van der Waals surface area contributed by atoms with Crippen molar-refractivity contribution in [3.63, 3.8) is 0 Å². The maximum Gasteiger partial charge on any atom is 0.296 e. The Bertz CT molecular complexity index is 637. The number of hydrogen-bond acceptors (Lipinski definition) is 6. The molecule has 8 heteroatoms. The highest BCUT2D eigenvalue weighted by molar-refractivity contribution is 5.84. The summed E-state index contributed by atoms with van der Waals surface area (Å²) in [6.07, 6.45) is 0. The van der Waals surface area contributed by atoms with Gasteiger partial charge in [-0.3, -0.25) is 14.9 Å². The molecule has 1 unspecified atom stereocenters. The van der Waals surface area contributed by atoms with Crippen LogP contribution in [0.2, 0.25) is 0 Å². The van der Waals surface area contributed by atoms with Crippen LogP contribution >= 0.6 is 0 Å². The first-order valence-electron chi connectivity index (χ1n) is 5.54. The van der Waals surface area contributed by atoms with Crippen LogP contribution in [0.4, 0.5) is 11.7 Å². The van der Waals surface area contributed by atoms with Crippen LogP contribution in [0.3, 0.4) is 0 Å². The van der Waals surface area contributed by atoms with E-state index < -0.39 is 11.0 Å². The highest BCUT2D eigenvalue weighted by Crippen LogP contribution is 2.23. The fraction of sp³-hybridized carbons (Fsp3) is 0.273. The Morgan fingerprint density at radius 2 is 2.26 bits per heavy atom. The zero-order valence-corrected chi connectivity index (χ0v) is 10.3. The molecule has 0 fully saturated rings. The standard InChI is InChI=1S/C11H12N4O4/c1-6(10(16)12-2)13-11-14-8-5-7(15(17)18)3-4-9(8)19-11/h3-6H,1-2H3,(H,12,16)(H,13,14). The smallest absolute Gasteiger partial charge is 0.296 e. The zero-order valence-electron chi connectivity index (χ0n) is 10.3. The van der Waals surface area contributed by atoms with Crippen LogP contribution in [0.5, 0.6) is 0 Å². The summed E-state index contributed by atoms with van der Waals surface area (Å²) in [6, 6.07) is 3.74. The average Bonchev–Trinajstić information content (AvgIpc) is 2.78. The first-order valence-corrected chi connectivity index (χ1v) is 5.54. The molecule has 1 atom stereocenters. The maximum absolute atomic E-state index is 11.3. The second-order valence-electron chi connectivity index (χ2n) is 3.91. The summed E-state index contributed by atoms with van der Waals surface area (Å²) in [5.74, 6) is -0.215. The highest BCUT2D eigenvalue weighted by atomic mass is 16.6. The van der Waals surface area contributed by atoms with Crippen LogP contribution in [-0.4, -0.2) is 28.9 Å². The molecule has 0 bridgehead atoms. The van der Waals surface area contributed by atoms with Crippen molar-refractivity contribution in [1.82, 2.24) is 10.3 Å². The summed E-state index contributed by atoms with van der Waals surface area (Å²) in [6.45, 7) is 1.65. The van der Waals surface area contributed by atoms with E-state index >= 15 is 0 Å². The molecular weight excluding hydrogens is 252 g/mol. The molecule has 0 saturated carbocycles. The van der Waals surface area contributed by atoms with Gasteiger partial charge in [0.15, 0.2) is 5.58 Å². The van der Waals surface area contributed by atoms with E-state index in [1.165, 1.54) is 25.2 Å². The van der Waals surface area contributed by atoms with Gasteiger partial charge >= 0.3 is 0 Å². The minimum atomic E-state index is -0.520. The van der Waals surface area contributed by atoms with E-state index in [4.69, 9.17) is 4.42 Å². The van der Waals surface area contributed by atoms with E-state index in [0.717, 1.165) is 0 Å². The van der Waals surface area contributed by atoms with E-state index in [9.17, 15) is 14.9 Å². The molecule has 0 radical (unpaired) electrons. The van der Waals surface area contributed by atoms with Gasteiger partial charge in [-0.1, -0.05) is 0 Å². The number of non-ortho nitro benzene ring substituents is 1. The third-order valence-corrected chi connectivity index (χ3v) is 2.56. The van der Waals surface area contributed by atoms with Crippen molar-refractivity contribution in [3.8, 4) is 0 Å². The van der Waals surface area contributed by atoms with Gasteiger partial charge in [0.25, 0.3) is 11.7 Å². The van der Waals surface area contributed by atoms with Crippen molar-refractivity contribution in [2.75, 3.05) is 12.4 Å². The van der Waals surface area contributed by atoms with E-state index in [1.807, 2.05) is 0 Å². The lowest BCUT2D eigenvalue weighted by atomic mass is 10.3. The van der Waals surface area contributed by atoms with Crippen molar-refractivity contribution in [3.05, 3.63) is 28.3 Å². The molecule has 2 aromatic rings. The molecule has 19 heavy (non-hydrogen) atoms. The SMILES string of the molecule is CNC(=O)C(C)Nc1nc2cc([N+](=O)[O-])ccc2o1. The molecule has 1 aromatic carbocycles. The Hall–Kier alpha value is -2.64. The third-order valence-electron chi connectivity index (χ3n) is 2.56. The van der Waals surface area contributed by atoms with Crippen molar-refractivity contribution in [2.45, 2.75) is 13.0 Å². The summed E-state index contributed by atoms with van der Waals surface area (Å²) in [4.78, 5) is 25.5.